The van der Waals surface area contributed by atoms with Crippen LogP contribution in [0.1, 0.15) is 46.5 Å². The third-order valence-electron chi connectivity index (χ3n) is 2.62. The topological polar surface area (TPSA) is 52.6 Å². The summed E-state index contributed by atoms with van der Waals surface area (Å²) in [5.41, 5.74) is 2.29. The van der Waals surface area contributed by atoms with Gasteiger partial charge in [0.1, 0.15) is 0 Å². The molecule has 0 heterocycles. The molecule has 0 aliphatic rings. The molecule has 0 aromatic rings. The summed E-state index contributed by atoms with van der Waals surface area (Å²) >= 11 is 0. The number of methoxy groups -OCH3 is 1. The summed E-state index contributed by atoms with van der Waals surface area (Å²) < 4.78 is 9.43. The lowest BCUT2D eigenvalue weighted by molar-refractivity contribution is -0.141. The Balaban J connectivity index is 3.83. The zero-order valence-electron chi connectivity index (χ0n) is 12.3. The van der Waals surface area contributed by atoms with Crippen molar-refractivity contribution in [2.75, 3.05) is 13.7 Å². The van der Waals surface area contributed by atoms with Gasteiger partial charge in [-0.05, 0) is 39.5 Å². The summed E-state index contributed by atoms with van der Waals surface area (Å²) in [5.74, 6) is -0.537. The van der Waals surface area contributed by atoms with Crippen molar-refractivity contribution in [3.05, 3.63) is 23.3 Å². The predicted octanol–water partition coefficient (Wildman–Crippen LogP) is 3.18. The number of rotatable bonds is 8. The van der Waals surface area contributed by atoms with E-state index in [-0.39, 0.29) is 11.9 Å². The largest absolute Gasteiger partial charge is 0.466 e. The Morgan fingerprint density at radius 1 is 1.05 bits per heavy atom. The highest BCUT2D eigenvalue weighted by molar-refractivity contribution is 5.82. The normalized spacial score (nSPS) is 12.2. The first-order valence-corrected chi connectivity index (χ1v) is 6.49. The van der Waals surface area contributed by atoms with Crippen molar-refractivity contribution in [1.82, 2.24) is 0 Å². The molecule has 0 rings (SSSR count). The van der Waals surface area contributed by atoms with Crippen molar-refractivity contribution in [2.45, 2.75) is 46.5 Å². The molecule has 0 N–H and O–H groups in total. The first-order valence-electron chi connectivity index (χ1n) is 6.49. The smallest absolute Gasteiger partial charge is 0.330 e. The Hall–Kier alpha value is -1.58. The molecule has 4 heteroatoms. The highest BCUT2D eigenvalue weighted by atomic mass is 16.5. The lowest BCUT2D eigenvalue weighted by Gasteiger charge is -2.03. The van der Waals surface area contributed by atoms with E-state index in [9.17, 15) is 9.59 Å². The van der Waals surface area contributed by atoms with E-state index in [0.29, 0.717) is 6.61 Å². The molecule has 0 radical (unpaired) electrons. The van der Waals surface area contributed by atoms with E-state index in [2.05, 4.69) is 17.7 Å². The summed E-state index contributed by atoms with van der Waals surface area (Å²) in [4.78, 5) is 21.6. The van der Waals surface area contributed by atoms with Crippen molar-refractivity contribution in [3.63, 3.8) is 0 Å². The summed E-state index contributed by atoms with van der Waals surface area (Å²) in [6, 6.07) is 0. The van der Waals surface area contributed by atoms with Crippen LogP contribution < -0.4 is 0 Å². The van der Waals surface area contributed by atoms with Gasteiger partial charge in [0.2, 0.25) is 0 Å². The van der Waals surface area contributed by atoms with Gasteiger partial charge in [-0.2, -0.15) is 0 Å². The van der Waals surface area contributed by atoms with Gasteiger partial charge >= 0.3 is 11.9 Å². The number of esters is 2. The summed E-state index contributed by atoms with van der Waals surface area (Å²) in [6.07, 6.45) is 7.19. The third-order valence-corrected chi connectivity index (χ3v) is 2.62. The Morgan fingerprint density at radius 3 is 2.32 bits per heavy atom. The standard InChI is InChI=1S/C15H24O4/c1-12(9-6-10-19-14(3)16)7-5-8-13(2)11-15(17)18-4/h7,11H,5-6,8-10H2,1-4H3. The van der Waals surface area contributed by atoms with Crippen LogP contribution in [0.15, 0.2) is 23.3 Å². The Labute approximate surface area is 115 Å². The summed E-state index contributed by atoms with van der Waals surface area (Å²) in [5, 5.41) is 0. The van der Waals surface area contributed by atoms with Crippen LogP contribution in [0.4, 0.5) is 0 Å². The average molecular weight is 268 g/mol. The number of carbonyl (C=O) groups excluding carboxylic acids is 2. The maximum Gasteiger partial charge on any atom is 0.330 e. The van der Waals surface area contributed by atoms with Gasteiger partial charge in [0.15, 0.2) is 0 Å². The molecular formula is C15H24O4. The lowest BCUT2D eigenvalue weighted by Crippen LogP contribution is -2.00. The maximum absolute atomic E-state index is 11.0. The van der Waals surface area contributed by atoms with Gasteiger partial charge in [-0.1, -0.05) is 17.2 Å². The van der Waals surface area contributed by atoms with Crippen LogP contribution in [0.2, 0.25) is 0 Å². The fourth-order valence-electron chi connectivity index (χ4n) is 1.55. The van der Waals surface area contributed by atoms with Crippen molar-refractivity contribution in [2.24, 2.45) is 0 Å². The average Bonchev–Trinajstić information content (AvgIpc) is 2.34. The van der Waals surface area contributed by atoms with Crippen LogP contribution in [0.3, 0.4) is 0 Å². The van der Waals surface area contributed by atoms with E-state index in [0.717, 1.165) is 31.3 Å². The number of ether oxygens (including phenoxy) is 2. The molecule has 4 nitrogen and oxygen atoms in total. The molecule has 0 aliphatic heterocycles. The SMILES string of the molecule is COC(=O)C=C(C)CCC=C(C)CCCOC(C)=O. The minimum absolute atomic E-state index is 0.231. The van der Waals surface area contributed by atoms with Gasteiger partial charge in [0.05, 0.1) is 13.7 Å². The second-order valence-corrected chi connectivity index (χ2v) is 4.55. The second kappa shape index (κ2) is 10.4. The number of hydrogen-bond donors (Lipinski definition) is 0. The van der Waals surface area contributed by atoms with E-state index in [1.165, 1.54) is 25.7 Å². The minimum atomic E-state index is -0.306. The van der Waals surface area contributed by atoms with E-state index in [1.54, 1.807) is 0 Å². The van der Waals surface area contributed by atoms with Gasteiger partial charge in [-0.3, -0.25) is 4.79 Å². The molecule has 0 amide bonds. The zero-order chi connectivity index (χ0) is 14.7. The van der Waals surface area contributed by atoms with Gasteiger partial charge in [-0.15, -0.1) is 0 Å². The molecule has 0 bridgehead atoms. The van der Waals surface area contributed by atoms with Crippen molar-refractivity contribution in [3.8, 4) is 0 Å². The first-order chi connectivity index (χ1) is 8.95. The molecule has 0 aromatic carbocycles. The minimum Gasteiger partial charge on any atom is -0.466 e. The van der Waals surface area contributed by atoms with Crippen molar-refractivity contribution < 1.29 is 19.1 Å². The molecule has 0 saturated carbocycles. The van der Waals surface area contributed by atoms with Crippen molar-refractivity contribution in [1.29, 1.82) is 0 Å². The second-order valence-electron chi connectivity index (χ2n) is 4.55. The predicted molar refractivity (Wildman–Crippen MR) is 74.6 cm³/mol. The molecule has 0 fully saturated rings. The van der Waals surface area contributed by atoms with Crippen LogP contribution in [-0.2, 0) is 19.1 Å². The van der Waals surface area contributed by atoms with Crippen LogP contribution in [-0.4, -0.2) is 25.7 Å². The van der Waals surface area contributed by atoms with E-state index >= 15 is 0 Å². The van der Waals surface area contributed by atoms with Gasteiger partial charge in [0, 0.05) is 13.0 Å². The molecular weight excluding hydrogens is 244 g/mol. The Morgan fingerprint density at radius 2 is 1.74 bits per heavy atom. The monoisotopic (exact) mass is 268 g/mol. The molecule has 19 heavy (non-hydrogen) atoms. The van der Waals surface area contributed by atoms with Gasteiger partial charge < -0.3 is 9.47 Å². The van der Waals surface area contributed by atoms with Gasteiger partial charge in [0.25, 0.3) is 0 Å². The molecule has 0 unspecified atom stereocenters. The summed E-state index contributed by atoms with van der Waals surface area (Å²) in [7, 11) is 1.37. The van der Waals surface area contributed by atoms with E-state index in [4.69, 9.17) is 4.74 Å². The number of allylic oxidation sites excluding steroid dienone is 3. The molecule has 108 valence electrons. The van der Waals surface area contributed by atoms with Crippen LogP contribution in [0.25, 0.3) is 0 Å². The molecule has 0 aromatic heterocycles. The molecule has 0 spiro atoms. The Kier molecular flexibility index (Phi) is 9.49. The molecule has 0 aliphatic carbocycles. The molecule has 0 atom stereocenters. The highest BCUT2D eigenvalue weighted by Crippen LogP contribution is 2.10. The fourth-order valence-corrected chi connectivity index (χ4v) is 1.55. The van der Waals surface area contributed by atoms with E-state index in [1.807, 2.05) is 6.92 Å². The van der Waals surface area contributed by atoms with Crippen LogP contribution >= 0.6 is 0 Å². The molecule has 0 saturated heterocycles. The van der Waals surface area contributed by atoms with E-state index < -0.39 is 0 Å². The number of carbonyl (C=O) groups is 2. The third kappa shape index (κ3) is 11.3. The first kappa shape index (κ1) is 17.4. The summed E-state index contributed by atoms with van der Waals surface area (Å²) in [6.45, 7) is 5.87. The number of hydrogen-bond acceptors (Lipinski definition) is 4. The highest BCUT2D eigenvalue weighted by Gasteiger charge is 1.97. The lowest BCUT2D eigenvalue weighted by atomic mass is 10.1. The van der Waals surface area contributed by atoms with Gasteiger partial charge in [-0.25, -0.2) is 4.79 Å². The fraction of sp³-hybridized carbons (Fsp3) is 0.600. The van der Waals surface area contributed by atoms with Crippen LogP contribution in [0.5, 0.6) is 0 Å². The van der Waals surface area contributed by atoms with Crippen molar-refractivity contribution >= 4 is 11.9 Å². The quantitative estimate of drug-likeness (QED) is 0.294. The van der Waals surface area contributed by atoms with Crippen LogP contribution in [0, 0.1) is 0 Å². The Bertz CT molecular complexity index is 353. The maximum atomic E-state index is 11.0. The zero-order valence-corrected chi connectivity index (χ0v) is 12.3.